The van der Waals surface area contributed by atoms with Gasteiger partial charge in [0.2, 0.25) is 0 Å². The fourth-order valence-electron chi connectivity index (χ4n) is 3.71. The Bertz CT molecular complexity index is 823. The highest BCUT2D eigenvalue weighted by Gasteiger charge is 2.29. The van der Waals surface area contributed by atoms with Crippen molar-refractivity contribution >= 4 is 11.8 Å². The van der Waals surface area contributed by atoms with E-state index in [-0.39, 0.29) is 0 Å². The average Bonchev–Trinajstić information content (AvgIpc) is 2.85. The van der Waals surface area contributed by atoms with E-state index in [0.717, 1.165) is 0 Å². The molecular weight excluding hydrogens is 296 g/mol. The first-order valence-corrected chi connectivity index (χ1v) is 8.96. The summed E-state index contributed by atoms with van der Waals surface area (Å²) in [6.07, 6.45) is 0. The Labute approximate surface area is 142 Å². The Balaban J connectivity index is 1.84. The predicted molar refractivity (Wildman–Crippen MR) is 100 cm³/mol. The minimum absolute atomic E-state index is 0.391. The molecule has 1 heteroatoms. The van der Waals surface area contributed by atoms with Gasteiger partial charge in [0.25, 0.3) is 0 Å². The Kier molecular flexibility index (Phi) is 3.54. The van der Waals surface area contributed by atoms with Gasteiger partial charge in [-0.1, -0.05) is 66.2 Å². The first-order valence-electron chi connectivity index (χ1n) is 8.08. The van der Waals surface area contributed by atoms with Crippen LogP contribution < -0.4 is 0 Å². The molecule has 1 aliphatic rings. The molecule has 0 aromatic heterocycles. The van der Waals surface area contributed by atoms with Crippen molar-refractivity contribution in [2.24, 2.45) is 0 Å². The lowest BCUT2D eigenvalue weighted by Crippen LogP contribution is -1.95. The van der Waals surface area contributed by atoms with E-state index in [1.165, 1.54) is 43.8 Å². The normalized spacial score (nSPS) is 13.0. The van der Waals surface area contributed by atoms with Crippen LogP contribution in [0.15, 0.2) is 65.6 Å². The van der Waals surface area contributed by atoms with Crippen molar-refractivity contribution < 1.29 is 0 Å². The first-order chi connectivity index (χ1) is 11.1. The lowest BCUT2D eigenvalue weighted by atomic mass is 10.1. The Morgan fingerprint density at radius 2 is 1.17 bits per heavy atom. The molecule has 0 radical (unpaired) electrons. The maximum Gasteiger partial charge on any atom is 0.0606 e. The third kappa shape index (κ3) is 2.40. The molecule has 0 bridgehead atoms. The third-order valence-corrected chi connectivity index (χ3v) is 6.24. The molecule has 0 heterocycles. The molecule has 0 saturated carbocycles. The van der Waals surface area contributed by atoms with Crippen LogP contribution in [0, 0.1) is 20.8 Å². The van der Waals surface area contributed by atoms with Crippen molar-refractivity contribution in [3.8, 4) is 11.1 Å². The van der Waals surface area contributed by atoms with E-state index in [4.69, 9.17) is 0 Å². The van der Waals surface area contributed by atoms with Crippen LogP contribution in [0.1, 0.15) is 33.1 Å². The zero-order valence-electron chi connectivity index (χ0n) is 13.8. The van der Waals surface area contributed by atoms with Gasteiger partial charge >= 0.3 is 0 Å². The van der Waals surface area contributed by atoms with E-state index < -0.39 is 0 Å². The standard InChI is InChI=1S/C22H20S/c1-14-12-15(2)21(16(3)13-14)23-22-19-10-6-4-8-17(19)18-9-5-7-11-20(18)22/h4-13,22H,1-3H3. The van der Waals surface area contributed by atoms with Crippen molar-refractivity contribution in [1.82, 2.24) is 0 Å². The largest absolute Gasteiger partial charge is 0.112 e. The van der Waals surface area contributed by atoms with Crippen LogP contribution in [-0.4, -0.2) is 0 Å². The van der Waals surface area contributed by atoms with Crippen molar-refractivity contribution in [3.05, 3.63) is 88.5 Å². The fraction of sp³-hybridized carbons (Fsp3) is 0.182. The van der Waals surface area contributed by atoms with Gasteiger partial charge in [-0.2, -0.15) is 0 Å². The van der Waals surface area contributed by atoms with Crippen molar-refractivity contribution in [3.63, 3.8) is 0 Å². The maximum absolute atomic E-state index is 2.29. The second-order valence-electron chi connectivity index (χ2n) is 6.40. The molecule has 0 atom stereocenters. The minimum atomic E-state index is 0.391. The molecule has 3 aromatic carbocycles. The molecule has 23 heavy (non-hydrogen) atoms. The van der Waals surface area contributed by atoms with Gasteiger partial charge in [0.05, 0.1) is 5.25 Å². The van der Waals surface area contributed by atoms with Crippen molar-refractivity contribution in [2.75, 3.05) is 0 Å². The monoisotopic (exact) mass is 316 g/mol. The molecule has 0 nitrogen and oxygen atoms in total. The second kappa shape index (κ2) is 5.58. The summed E-state index contributed by atoms with van der Waals surface area (Å²) >= 11 is 2.00. The van der Waals surface area contributed by atoms with Gasteiger partial charge in [-0.05, 0) is 54.2 Å². The molecule has 114 valence electrons. The van der Waals surface area contributed by atoms with E-state index in [1.807, 2.05) is 11.8 Å². The molecule has 4 rings (SSSR count). The molecule has 0 aliphatic heterocycles. The molecule has 0 fully saturated rings. The van der Waals surface area contributed by atoms with E-state index in [1.54, 1.807) is 0 Å². The lowest BCUT2D eigenvalue weighted by molar-refractivity contribution is 1.15. The Morgan fingerprint density at radius 1 is 0.696 bits per heavy atom. The molecule has 0 amide bonds. The molecule has 1 aliphatic carbocycles. The minimum Gasteiger partial charge on any atom is -0.112 e. The summed E-state index contributed by atoms with van der Waals surface area (Å²) in [5, 5.41) is 0.391. The molecule has 0 N–H and O–H groups in total. The van der Waals surface area contributed by atoms with Gasteiger partial charge in [0.15, 0.2) is 0 Å². The van der Waals surface area contributed by atoms with Gasteiger partial charge in [-0.3, -0.25) is 0 Å². The topological polar surface area (TPSA) is 0 Å². The number of benzene rings is 3. The SMILES string of the molecule is Cc1cc(C)c(SC2c3ccccc3-c3ccccc32)c(C)c1. The van der Waals surface area contributed by atoms with Gasteiger partial charge in [-0.25, -0.2) is 0 Å². The molecule has 0 spiro atoms. The summed E-state index contributed by atoms with van der Waals surface area (Å²) in [6, 6.07) is 22.3. The van der Waals surface area contributed by atoms with Gasteiger partial charge < -0.3 is 0 Å². The smallest absolute Gasteiger partial charge is 0.0606 e. The summed E-state index contributed by atoms with van der Waals surface area (Å²) in [6.45, 7) is 6.64. The number of aryl methyl sites for hydroxylation is 3. The third-order valence-electron chi connectivity index (χ3n) is 4.62. The van der Waals surface area contributed by atoms with Crippen LogP contribution in [0.5, 0.6) is 0 Å². The highest BCUT2D eigenvalue weighted by Crippen LogP contribution is 2.53. The van der Waals surface area contributed by atoms with E-state index in [9.17, 15) is 0 Å². The van der Waals surface area contributed by atoms with E-state index in [2.05, 4.69) is 81.4 Å². The zero-order chi connectivity index (χ0) is 16.0. The van der Waals surface area contributed by atoms with Gasteiger partial charge in [0, 0.05) is 4.90 Å². The number of hydrogen-bond donors (Lipinski definition) is 0. The van der Waals surface area contributed by atoms with Crippen LogP contribution in [0.25, 0.3) is 11.1 Å². The maximum atomic E-state index is 2.29. The summed E-state index contributed by atoms with van der Waals surface area (Å²) < 4.78 is 0. The Hall–Kier alpha value is -1.99. The highest BCUT2D eigenvalue weighted by molar-refractivity contribution is 7.99. The van der Waals surface area contributed by atoms with Crippen LogP contribution in [0.3, 0.4) is 0 Å². The number of fused-ring (bicyclic) bond motifs is 3. The summed E-state index contributed by atoms with van der Waals surface area (Å²) in [4.78, 5) is 1.42. The van der Waals surface area contributed by atoms with Crippen molar-refractivity contribution in [1.29, 1.82) is 0 Å². The highest BCUT2D eigenvalue weighted by atomic mass is 32.2. The molecule has 0 saturated heterocycles. The summed E-state index contributed by atoms with van der Waals surface area (Å²) in [5.41, 5.74) is 9.78. The zero-order valence-corrected chi connectivity index (χ0v) is 14.6. The Morgan fingerprint density at radius 3 is 1.70 bits per heavy atom. The predicted octanol–water partition coefficient (Wildman–Crippen LogP) is 6.47. The molecule has 3 aromatic rings. The average molecular weight is 316 g/mol. The van der Waals surface area contributed by atoms with Crippen LogP contribution in [0.4, 0.5) is 0 Å². The first kappa shape index (κ1) is 14.6. The fourth-order valence-corrected chi connectivity index (χ4v) is 5.10. The van der Waals surface area contributed by atoms with Crippen molar-refractivity contribution in [2.45, 2.75) is 30.9 Å². The number of rotatable bonds is 2. The summed E-state index contributed by atoms with van der Waals surface area (Å²) in [5.74, 6) is 0. The van der Waals surface area contributed by atoms with E-state index in [0.29, 0.717) is 5.25 Å². The van der Waals surface area contributed by atoms with Gasteiger partial charge in [0.1, 0.15) is 0 Å². The van der Waals surface area contributed by atoms with Crippen LogP contribution in [0.2, 0.25) is 0 Å². The number of hydrogen-bond acceptors (Lipinski definition) is 1. The van der Waals surface area contributed by atoms with Crippen LogP contribution >= 0.6 is 11.8 Å². The van der Waals surface area contributed by atoms with Gasteiger partial charge in [-0.15, -0.1) is 11.8 Å². The lowest BCUT2D eigenvalue weighted by Gasteiger charge is -2.17. The molecule has 0 unspecified atom stereocenters. The van der Waals surface area contributed by atoms with Crippen LogP contribution in [-0.2, 0) is 0 Å². The quantitative estimate of drug-likeness (QED) is 0.522. The molecular formula is C22H20S. The number of thioether (sulfide) groups is 1. The summed E-state index contributed by atoms with van der Waals surface area (Å²) in [7, 11) is 0. The second-order valence-corrected chi connectivity index (χ2v) is 7.52. The van der Waals surface area contributed by atoms with E-state index >= 15 is 0 Å².